The summed E-state index contributed by atoms with van der Waals surface area (Å²) in [6.07, 6.45) is -0.414. The number of nitrogens with zero attached hydrogens (tertiary/aromatic N) is 2. The zero-order valence-corrected chi connectivity index (χ0v) is 16.9. The second kappa shape index (κ2) is 8.20. The summed E-state index contributed by atoms with van der Waals surface area (Å²) < 4.78 is 24.8. The molecule has 6 nitrogen and oxygen atoms in total. The lowest BCUT2D eigenvalue weighted by Crippen LogP contribution is -2.30. The van der Waals surface area contributed by atoms with Gasteiger partial charge < -0.3 is 9.47 Å². The van der Waals surface area contributed by atoms with Gasteiger partial charge in [0.15, 0.2) is 0 Å². The quantitative estimate of drug-likeness (QED) is 0.589. The summed E-state index contributed by atoms with van der Waals surface area (Å²) in [7, 11) is 1.52. The Labute approximate surface area is 165 Å². The van der Waals surface area contributed by atoms with Crippen LogP contribution in [0.4, 0.5) is 4.39 Å². The van der Waals surface area contributed by atoms with E-state index in [1.807, 2.05) is 6.92 Å². The number of ether oxygens (including phenoxy) is 2. The fourth-order valence-corrected chi connectivity index (χ4v) is 4.19. The molecule has 0 aliphatic heterocycles. The minimum absolute atomic E-state index is 0.237. The number of rotatable bonds is 6. The van der Waals surface area contributed by atoms with Crippen molar-refractivity contribution in [2.75, 3.05) is 13.7 Å². The molecule has 0 spiro atoms. The van der Waals surface area contributed by atoms with Crippen LogP contribution in [0.15, 0.2) is 29.1 Å². The summed E-state index contributed by atoms with van der Waals surface area (Å²) in [4.78, 5) is 31.4. The fraction of sp³-hybridized carbons (Fsp3) is 0.350. The van der Waals surface area contributed by atoms with Crippen LogP contribution in [0.1, 0.15) is 17.6 Å². The van der Waals surface area contributed by atoms with Crippen LogP contribution in [-0.4, -0.2) is 35.3 Å². The molecule has 3 rings (SSSR count). The number of fused-ring (bicyclic) bond motifs is 1. The van der Waals surface area contributed by atoms with Crippen molar-refractivity contribution in [3.63, 3.8) is 0 Å². The van der Waals surface area contributed by atoms with E-state index in [0.717, 1.165) is 10.4 Å². The van der Waals surface area contributed by atoms with Crippen LogP contribution in [-0.2, 0) is 20.8 Å². The van der Waals surface area contributed by atoms with Crippen LogP contribution in [0.25, 0.3) is 21.3 Å². The monoisotopic (exact) mass is 404 g/mol. The van der Waals surface area contributed by atoms with E-state index in [1.165, 1.54) is 35.1 Å². The SMILES string of the molecule is COCC(C)OC(=O)Cn1c(C)nc2sc(C)c(-c3ccc(F)cc3)c2c1=O. The fourth-order valence-electron chi connectivity index (χ4n) is 3.11. The van der Waals surface area contributed by atoms with Gasteiger partial charge >= 0.3 is 5.97 Å². The molecule has 1 unspecified atom stereocenters. The molecule has 148 valence electrons. The minimum atomic E-state index is -0.536. The number of aromatic nitrogens is 2. The van der Waals surface area contributed by atoms with E-state index >= 15 is 0 Å². The van der Waals surface area contributed by atoms with Crippen LogP contribution in [0.5, 0.6) is 0 Å². The lowest BCUT2D eigenvalue weighted by atomic mass is 10.0. The first-order valence-electron chi connectivity index (χ1n) is 8.76. The molecule has 3 aromatic rings. The topological polar surface area (TPSA) is 70.4 Å². The van der Waals surface area contributed by atoms with Crippen molar-refractivity contribution < 1.29 is 18.7 Å². The number of thiophene rings is 1. The Morgan fingerprint density at radius 3 is 2.61 bits per heavy atom. The van der Waals surface area contributed by atoms with Gasteiger partial charge in [-0.1, -0.05) is 12.1 Å². The van der Waals surface area contributed by atoms with Crippen LogP contribution < -0.4 is 5.56 Å². The first kappa shape index (κ1) is 20.2. The summed E-state index contributed by atoms with van der Waals surface area (Å²) in [5.74, 6) is -0.452. The van der Waals surface area contributed by atoms with Gasteiger partial charge in [-0.25, -0.2) is 9.37 Å². The van der Waals surface area contributed by atoms with E-state index < -0.39 is 12.1 Å². The molecule has 8 heteroatoms. The second-order valence-electron chi connectivity index (χ2n) is 6.53. The molecule has 0 fully saturated rings. The lowest BCUT2D eigenvalue weighted by molar-refractivity contribution is -0.151. The number of aryl methyl sites for hydroxylation is 2. The molecule has 0 aliphatic rings. The minimum Gasteiger partial charge on any atom is -0.459 e. The van der Waals surface area contributed by atoms with Crippen LogP contribution in [0.3, 0.4) is 0 Å². The lowest BCUT2D eigenvalue weighted by Gasteiger charge is -2.14. The normalized spacial score (nSPS) is 12.3. The molecule has 2 heterocycles. The molecule has 0 amide bonds. The molecule has 2 aromatic heterocycles. The Balaban J connectivity index is 2.06. The maximum absolute atomic E-state index is 13.3. The van der Waals surface area contributed by atoms with Gasteiger partial charge in [-0.15, -0.1) is 11.3 Å². The second-order valence-corrected chi connectivity index (χ2v) is 7.73. The van der Waals surface area contributed by atoms with Gasteiger partial charge in [0.05, 0.1) is 12.0 Å². The van der Waals surface area contributed by atoms with E-state index in [-0.39, 0.29) is 24.5 Å². The average molecular weight is 404 g/mol. The van der Waals surface area contributed by atoms with E-state index in [0.29, 0.717) is 21.6 Å². The average Bonchev–Trinajstić information content (AvgIpc) is 2.95. The molecule has 0 saturated heterocycles. The van der Waals surface area contributed by atoms with Crippen molar-refractivity contribution in [2.24, 2.45) is 0 Å². The van der Waals surface area contributed by atoms with E-state index in [1.54, 1.807) is 26.0 Å². The molecule has 28 heavy (non-hydrogen) atoms. The zero-order chi connectivity index (χ0) is 20.4. The van der Waals surface area contributed by atoms with Crippen molar-refractivity contribution in [3.8, 4) is 11.1 Å². The summed E-state index contributed by atoms with van der Waals surface area (Å²) in [5.41, 5.74) is 1.13. The third kappa shape index (κ3) is 3.98. The number of hydrogen-bond acceptors (Lipinski definition) is 6. The summed E-state index contributed by atoms with van der Waals surface area (Å²) in [6, 6.07) is 5.97. The summed E-state index contributed by atoms with van der Waals surface area (Å²) in [5, 5.41) is 0.428. The number of benzene rings is 1. The van der Waals surface area contributed by atoms with Gasteiger partial charge in [0.2, 0.25) is 0 Å². The molecule has 0 aliphatic carbocycles. The number of esters is 1. The van der Waals surface area contributed by atoms with Gasteiger partial charge in [0.1, 0.15) is 29.1 Å². The highest BCUT2D eigenvalue weighted by atomic mass is 32.1. The number of carbonyl (C=O) groups is 1. The molecule has 1 atom stereocenters. The summed E-state index contributed by atoms with van der Waals surface area (Å²) >= 11 is 1.40. The van der Waals surface area contributed by atoms with E-state index in [9.17, 15) is 14.0 Å². The first-order valence-corrected chi connectivity index (χ1v) is 9.58. The highest BCUT2D eigenvalue weighted by Gasteiger charge is 2.20. The predicted octanol–water partition coefficient (Wildman–Crippen LogP) is 3.46. The highest BCUT2D eigenvalue weighted by molar-refractivity contribution is 7.19. The third-order valence-corrected chi connectivity index (χ3v) is 5.33. The van der Waals surface area contributed by atoms with E-state index in [4.69, 9.17) is 9.47 Å². The standard InChI is InChI=1S/C20H21FN2O4S/c1-11(10-26-4)27-16(24)9-23-13(3)22-19-18(20(23)25)17(12(2)28-19)14-5-7-15(21)8-6-14/h5-8,11H,9-10H2,1-4H3. The Morgan fingerprint density at radius 2 is 1.96 bits per heavy atom. The predicted molar refractivity (Wildman–Crippen MR) is 106 cm³/mol. The Bertz CT molecular complexity index is 1070. The largest absolute Gasteiger partial charge is 0.459 e. The summed E-state index contributed by atoms with van der Waals surface area (Å²) in [6.45, 7) is 5.33. The molecular weight excluding hydrogens is 383 g/mol. The van der Waals surface area contributed by atoms with Gasteiger partial charge in [0.25, 0.3) is 5.56 Å². The maximum Gasteiger partial charge on any atom is 0.326 e. The Kier molecular flexibility index (Phi) is 5.90. The highest BCUT2D eigenvalue weighted by Crippen LogP contribution is 2.35. The van der Waals surface area contributed by atoms with Gasteiger partial charge in [-0.2, -0.15) is 0 Å². The number of methoxy groups -OCH3 is 1. The van der Waals surface area contributed by atoms with Gasteiger partial charge in [-0.05, 0) is 38.5 Å². The van der Waals surface area contributed by atoms with Crippen LogP contribution in [0.2, 0.25) is 0 Å². The van der Waals surface area contributed by atoms with Gasteiger partial charge in [0, 0.05) is 17.6 Å². The number of halogens is 1. The molecule has 0 radical (unpaired) electrons. The van der Waals surface area contributed by atoms with Crippen molar-refractivity contribution in [1.29, 1.82) is 0 Å². The van der Waals surface area contributed by atoms with Gasteiger partial charge in [-0.3, -0.25) is 14.2 Å². The van der Waals surface area contributed by atoms with E-state index in [2.05, 4.69) is 4.98 Å². The van der Waals surface area contributed by atoms with Crippen LogP contribution in [0, 0.1) is 19.7 Å². The van der Waals surface area contributed by atoms with Crippen LogP contribution >= 0.6 is 11.3 Å². The van der Waals surface area contributed by atoms with Crippen molar-refractivity contribution in [3.05, 3.63) is 51.1 Å². The molecule has 1 aromatic carbocycles. The maximum atomic E-state index is 13.3. The molecule has 0 N–H and O–H groups in total. The molecule has 0 bridgehead atoms. The number of carbonyl (C=O) groups excluding carboxylic acids is 1. The first-order chi connectivity index (χ1) is 13.3. The van der Waals surface area contributed by atoms with Crippen molar-refractivity contribution in [1.82, 2.24) is 9.55 Å². The third-order valence-electron chi connectivity index (χ3n) is 4.33. The Morgan fingerprint density at radius 1 is 1.29 bits per heavy atom. The van der Waals surface area contributed by atoms with Crippen molar-refractivity contribution in [2.45, 2.75) is 33.4 Å². The molecular formula is C20H21FN2O4S. The van der Waals surface area contributed by atoms with Crippen molar-refractivity contribution >= 4 is 27.5 Å². The zero-order valence-electron chi connectivity index (χ0n) is 16.1. The molecule has 0 saturated carbocycles. The smallest absolute Gasteiger partial charge is 0.326 e. The number of hydrogen-bond donors (Lipinski definition) is 0. The Hall–Kier alpha value is -2.58.